The molecule has 2 atom stereocenters. The Morgan fingerprint density at radius 3 is 1.69 bits per heavy atom. The van der Waals surface area contributed by atoms with E-state index in [0.717, 1.165) is 22.3 Å². The van der Waals surface area contributed by atoms with Crippen LogP contribution in [-0.4, -0.2) is 18.9 Å². The summed E-state index contributed by atoms with van der Waals surface area (Å²) < 4.78 is 32.1. The van der Waals surface area contributed by atoms with Crippen LogP contribution in [-0.2, 0) is 30.6 Å². The van der Waals surface area contributed by atoms with Crippen molar-refractivity contribution in [3.8, 4) is 0 Å². The molecule has 4 aromatic carbocycles. The lowest BCUT2D eigenvalue weighted by Gasteiger charge is -2.37. The molecule has 0 aliphatic carbocycles. The summed E-state index contributed by atoms with van der Waals surface area (Å²) in [5, 5.41) is 0. The average Bonchev–Trinajstić information content (AvgIpc) is 2.95. The highest BCUT2D eigenvalue weighted by molar-refractivity contribution is 7.54. The van der Waals surface area contributed by atoms with Gasteiger partial charge in [0.2, 0.25) is 0 Å². The Labute approximate surface area is 212 Å². The van der Waals surface area contributed by atoms with E-state index in [9.17, 15) is 4.57 Å². The van der Waals surface area contributed by atoms with Gasteiger partial charge in [0.25, 0.3) is 0 Å². The molecule has 1 heterocycles. The largest absolute Gasteiger partial charge is 0.358 e. The van der Waals surface area contributed by atoms with Gasteiger partial charge < -0.3 is 9.26 Å². The first-order valence-electron chi connectivity index (χ1n) is 12.1. The van der Waals surface area contributed by atoms with Gasteiger partial charge in [-0.3, -0.25) is 9.09 Å². The molecule has 0 bridgehead atoms. The third kappa shape index (κ3) is 5.43. The lowest BCUT2D eigenvalue weighted by atomic mass is 9.80. The van der Waals surface area contributed by atoms with Crippen molar-refractivity contribution in [1.29, 1.82) is 0 Å². The van der Waals surface area contributed by atoms with E-state index >= 15 is 0 Å². The molecule has 0 radical (unpaired) electrons. The van der Waals surface area contributed by atoms with Gasteiger partial charge in [-0.2, -0.15) is 0 Å². The summed E-state index contributed by atoms with van der Waals surface area (Å²) >= 11 is 0. The first-order chi connectivity index (χ1) is 17.7. The molecule has 1 aliphatic rings. The Bertz CT molecular complexity index is 1210. The van der Waals surface area contributed by atoms with Crippen LogP contribution in [0.25, 0.3) is 0 Å². The van der Waals surface area contributed by atoms with Gasteiger partial charge in [0.05, 0.1) is 19.4 Å². The molecule has 0 spiro atoms. The molecule has 0 saturated carbocycles. The van der Waals surface area contributed by atoms with E-state index in [0.29, 0.717) is 0 Å². The topological polar surface area (TPSA) is 44.8 Å². The lowest BCUT2D eigenvalue weighted by molar-refractivity contribution is -0.0230. The second kappa shape index (κ2) is 11.2. The van der Waals surface area contributed by atoms with Crippen LogP contribution in [0.2, 0.25) is 0 Å². The maximum Gasteiger partial charge on any atom is 0.335 e. The van der Waals surface area contributed by atoms with E-state index in [-0.39, 0.29) is 19.4 Å². The van der Waals surface area contributed by atoms with E-state index in [4.69, 9.17) is 13.8 Å². The molecule has 0 amide bonds. The fourth-order valence-corrected chi connectivity index (χ4v) is 6.04. The number of hydrogen-bond acceptors (Lipinski definition) is 4. The second-order valence-corrected chi connectivity index (χ2v) is 10.8. The first kappa shape index (κ1) is 24.4. The fourth-order valence-electron chi connectivity index (χ4n) is 4.52. The van der Waals surface area contributed by atoms with Gasteiger partial charge in [0.1, 0.15) is 11.7 Å². The summed E-state index contributed by atoms with van der Waals surface area (Å²) in [5.74, 6) is 0. The standard InChI is InChI=1S/C31H29O4P/c32-36(34-24-26-14-5-1-6-15-26)23-13-22-30(35-36)25-33-31(27-16-7-2-8-17-27,28-18-9-3-10-19-28)29-20-11-4-12-21-29/h1-22,30H,23-25H2/t30-,36-/m0/s1. The molecule has 4 nitrogen and oxygen atoms in total. The second-order valence-electron chi connectivity index (χ2n) is 8.71. The summed E-state index contributed by atoms with van der Waals surface area (Å²) in [4.78, 5) is 0. The highest BCUT2D eigenvalue weighted by Gasteiger charge is 2.39. The van der Waals surface area contributed by atoms with Crippen LogP contribution in [0, 0.1) is 0 Å². The maximum absolute atomic E-state index is 13.4. The third-order valence-electron chi connectivity index (χ3n) is 6.25. The molecule has 182 valence electrons. The van der Waals surface area contributed by atoms with E-state index in [1.165, 1.54) is 0 Å². The van der Waals surface area contributed by atoms with Crippen molar-refractivity contribution in [3.05, 3.63) is 156 Å². The zero-order valence-electron chi connectivity index (χ0n) is 20.0. The predicted molar refractivity (Wildman–Crippen MR) is 143 cm³/mol. The minimum Gasteiger partial charge on any atom is -0.358 e. The number of hydrogen-bond donors (Lipinski definition) is 0. The van der Waals surface area contributed by atoms with E-state index in [1.54, 1.807) is 0 Å². The molecule has 4 aromatic rings. The quantitative estimate of drug-likeness (QED) is 0.138. The molecule has 5 heteroatoms. The van der Waals surface area contributed by atoms with Crippen molar-refractivity contribution < 1.29 is 18.3 Å². The van der Waals surface area contributed by atoms with Crippen LogP contribution in [0.4, 0.5) is 0 Å². The first-order valence-corrected chi connectivity index (χ1v) is 13.8. The minimum atomic E-state index is -3.30. The maximum atomic E-state index is 13.4. The Morgan fingerprint density at radius 1 is 0.722 bits per heavy atom. The van der Waals surface area contributed by atoms with Crippen LogP contribution in [0.1, 0.15) is 22.3 Å². The Balaban J connectivity index is 1.42. The molecular formula is C31H29O4P. The Hall–Kier alpha value is -3.27. The molecular weight excluding hydrogens is 467 g/mol. The summed E-state index contributed by atoms with van der Waals surface area (Å²) in [6.07, 6.45) is 3.53. The summed E-state index contributed by atoms with van der Waals surface area (Å²) in [5.41, 5.74) is 3.10. The minimum absolute atomic E-state index is 0.202. The highest BCUT2D eigenvalue weighted by atomic mass is 31.2. The van der Waals surface area contributed by atoms with Gasteiger partial charge in [0, 0.05) is 0 Å². The lowest BCUT2D eigenvalue weighted by Crippen LogP contribution is -2.36. The van der Waals surface area contributed by atoms with Gasteiger partial charge in [-0.15, -0.1) is 0 Å². The third-order valence-corrected chi connectivity index (χ3v) is 8.02. The number of rotatable bonds is 9. The molecule has 0 N–H and O–H groups in total. The molecule has 0 saturated heterocycles. The van der Waals surface area contributed by atoms with Crippen LogP contribution in [0.15, 0.2) is 133 Å². The molecule has 0 aromatic heterocycles. The Kier molecular flexibility index (Phi) is 7.60. The van der Waals surface area contributed by atoms with E-state index in [1.807, 2.05) is 97.1 Å². The van der Waals surface area contributed by atoms with Crippen molar-refractivity contribution in [2.24, 2.45) is 0 Å². The van der Waals surface area contributed by atoms with Crippen molar-refractivity contribution in [3.63, 3.8) is 0 Å². The zero-order valence-corrected chi connectivity index (χ0v) is 20.9. The normalized spacial score (nSPS) is 19.7. The van der Waals surface area contributed by atoms with Crippen molar-refractivity contribution in [1.82, 2.24) is 0 Å². The predicted octanol–water partition coefficient (Wildman–Crippen LogP) is 7.36. The van der Waals surface area contributed by atoms with Crippen molar-refractivity contribution in [2.45, 2.75) is 18.3 Å². The van der Waals surface area contributed by atoms with Gasteiger partial charge in [0.15, 0.2) is 0 Å². The van der Waals surface area contributed by atoms with Gasteiger partial charge in [-0.05, 0) is 22.3 Å². The van der Waals surface area contributed by atoms with Crippen LogP contribution in [0.3, 0.4) is 0 Å². The van der Waals surface area contributed by atoms with Crippen molar-refractivity contribution in [2.75, 3.05) is 12.8 Å². The molecule has 36 heavy (non-hydrogen) atoms. The monoisotopic (exact) mass is 496 g/mol. The molecule has 0 unspecified atom stereocenters. The Morgan fingerprint density at radius 2 is 1.19 bits per heavy atom. The number of benzene rings is 4. The van der Waals surface area contributed by atoms with E-state index < -0.39 is 19.3 Å². The summed E-state index contributed by atoms with van der Waals surface area (Å²) in [6, 6.07) is 40.2. The van der Waals surface area contributed by atoms with Crippen LogP contribution < -0.4 is 0 Å². The number of ether oxygens (including phenoxy) is 1. The molecule has 0 fully saturated rings. The SMILES string of the molecule is O=[P@]1(OCc2ccccc2)CC=C[C@@H](COC(c2ccccc2)(c2ccccc2)c2ccccc2)O1. The summed E-state index contributed by atoms with van der Waals surface area (Å²) in [6.45, 7) is 0.440. The highest BCUT2D eigenvalue weighted by Crippen LogP contribution is 2.52. The van der Waals surface area contributed by atoms with Crippen LogP contribution >= 0.6 is 7.60 Å². The van der Waals surface area contributed by atoms with Gasteiger partial charge in [-0.1, -0.05) is 133 Å². The van der Waals surface area contributed by atoms with Crippen molar-refractivity contribution >= 4 is 7.60 Å². The average molecular weight is 497 g/mol. The molecule has 1 aliphatic heterocycles. The zero-order chi connectivity index (χ0) is 24.7. The number of allylic oxidation sites excluding steroid dienone is 1. The van der Waals surface area contributed by atoms with Crippen LogP contribution in [0.5, 0.6) is 0 Å². The van der Waals surface area contributed by atoms with E-state index in [2.05, 4.69) is 36.4 Å². The van der Waals surface area contributed by atoms with Gasteiger partial charge >= 0.3 is 7.60 Å². The smallest absolute Gasteiger partial charge is 0.335 e. The van der Waals surface area contributed by atoms with Gasteiger partial charge in [-0.25, -0.2) is 0 Å². The summed E-state index contributed by atoms with van der Waals surface area (Å²) in [7, 11) is -3.30. The molecule has 5 rings (SSSR count). The fraction of sp³-hybridized carbons (Fsp3) is 0.161.